The summed E-state index contributed by atoms with van der Waals surface area (Å²) in [7, 11) is 0. The number of carbonyl (C=O) groups excluding carboxylic acids is 1. The van der Waals surface area contributed by atoms with Crippen molar-refractivity contribution in [2.24, 2.45) is 0 Å². The summed E-state index contributed by atoms with van der Waals surface area (Å²) in [6.07, 6.45) is 1.29. The minimum absolute atomic E-state index is 0.114. The van der Waals surface area contributed by atoms with Gasteiger partial charge in [-0.3, -0.25) is 4.79 Å². The van der Waals surface area contributed by atoms with E-state index in [1.54, 1.807) is 6.92 Å². The third-order valence-electron chi connectivity index (χ3n) is 3.31. The normalized spacial score (nSPS) is 10.6. The topological polar surface area (TPSA) is 139 Å². The third kappa shape index (κ3) is 3.34. The number of aromatic carboxylic acids is 1. The van der Waals surface area contributed by atoms with Gasteiger partial charge in [0.25, 0.3) is 5.91 Å². The van der Waals surface area contributed by atoms with Crippen LogP contribution in [0.1, 0.15) is 32.4 Å². The van der Waals surface area contributed by atoms with Gasteiger partial charge in [-0.25, -0.2) is 19.3 Å². The van der Waals surface area contributed by atoms with Gasteiger partial charge in [0.15, 0.2) is 0 Å². The van der Waals surface area contributed by atoms with Crippen molar-refractivity contribution in [3.63, 3.8) is 0 Å². The fourth-order valence-electron chi connectivity index (χ4n) is 2.07. The molecule has 2 aromatic heterocycles. The highest BCUT2D eigenvalue weighted by atomic mass is 19.1. The molecule has 25 heavy (non-hydrogen) atoms. The van der Waals surface area contributed by atoms with Gasteiger partial charge in [0.05, 0.1) is 5.56 Å². The number of carboxylic acid groups (broad SMARTS) is 1. The number of H-pyrrole nitrogens is 1. The second kappa shape index (κ2) is 6.47. The van der Waals surface area contributed by atoms with E-state index in [4.69, 9.17) is 5.11 Å². The van der Waals surface area contributed by atoms with Crippen LogP contribution in [0.3, 0.4) is 0 Å². The number of benzene rings is 1. The summed E-state index contributed by atoms with van der Waals surface area (Å²) in [5, 5.41) is 21.6. The molecule has 0 unspecified atom stereocenters. The monoisotopic (exact) mass is 345 g/mol. The third-order valence-corrected chi connectivity index (χ3v) is 3.31. The minimum Gasteiger partial charge on any atom is -0.478 e. The van der Waals surface area contributed by atoms with Crippen molar-refractivity contribution < 1.29 is 19.1 Å². The lowest BCUT2D eigenvalue weighted by Gasteiger charge is -2.05. The van der Waals surface area contributed by atoms with Crippen LogP contribution in [0, 0.1) is 12.7 Å². The Hall–Kier alpha value is -3.63. The number of amides is 1. The molecule has 11 heteroatoms. The van der Waals surface area contributed by atoms with E-state index in [9.17, 15) is 14.0 Å². The van der Waals surface area contributed by atoms with Crippen LogP contribution in [-0.4, -0.2) is 46.9 Å². The van der Waals surface area contributed by atoms with Crippen LogP contribution in [0.25, 0.3) is 5.95 Å². The molecular weight excluding hydrogens is 333 g/mol. The molecule has 0 bridgehead atoms. The van der Waals surface area contributed by atoms with Crippen molar-refractivity contribution in [1.29, 1.82) is 0 Å². The summed E-state index contributed by atoms with van der Waals surface area (Å²) in [5.74, 6) is -1.96. The molecule has 10 nitrogen and oxygen atoms in total. The van der Waals surface area contributed by atoms with Crippen LogP contribution < -0.4 is 5.32 Å². The van der Waals surface area contributed by atoms with E-state index in [0.29, 0.717) is 11.8 Å². The second-order valence-electron chi connectivity index (χ2n) is 5.00. The molecule has 0 aliphatic rings. The van der Waals surface area contributed by atoms with E-state index < -0.39 is 17.7 Å². The smallest absolute Gasteiger partial charge is 0.335 e. The molecule has 128 valence electrons. The largest absolute Gasteiger partial charge is 0.478 e. The maximum Gasteiger partial charge on any atom is 0.335 e. The number of nitrogens with zero attached hydrogens (tertiary/aromatic N) is 5. The zero-order valence-corrected chi connectivity index (χ0v) is 12.9. The molecule has 1 aromatic carbocycles. The fraction of sp³-hybridized carbons (Fsp3) is 0.143. The summed E-state index contributed by atoms with van der Waals surface area (Å²) < 4.78 is 15.2. The summed E-state index contributed by atoms with van der Waals surface area (Å²) in [6, 6.07) is 3.45. The van der Waals surface area contributed by atoms with Crippen LogP contribution in [0.15, 0.2) is 24.5 Å². The van der Waals surface area contributed by atoms with Gasteiger partial charge in [-0.15, -0.1) is 5.10 Å². The Bertz CT molecular complexity index is 936. The molecule has 2 heterocycles. The maximum absolute atomic E-state index is 13.8. The first kappa shape index (κ1) is 16.2. The molecule has 0 aliphatic heterocycles. The number of aryl methyl sites for hydroxylation is 1. The summed E-state index contributed by atoms with van der Waals surface area (Å²) >= 11 is 0. The Kier molecular flexibility index (Phi) is 4.20. The van der Waals surface area contributed by atoms with Crippen molar-refractivity contribution >= 4 is 11.9 Å². The van der Waals surface area contributed by atoms with E-state index in [2.05, 4.69) is 30.6 Å². The van der Waals surface area contributed by atoms with E-state index in [-0.39, 0.29) is 23.5 Å². The Morgan fingerprint density at radius 2 is 2.20 bits per heavy atom. The highest BCUT2D eigenvalue weighted by Gasteiger charge is 2.17. The Balaban J connectivity index is 1.71. The zero-order chi connectivity index (χ0) is 18.0. The molecule has 3 rings (SSSR count). The van der Waals surface area contributed by atoms with Crippen LogP contribution in [-0.2, 0) is 6.54 Å². The lowest BCUT2D eigenvalue weighted by atomic mass is 10.1. The molecule has 0 atom stereocenters. The van der Waals surface area contributed by atoms with Gasteiger partial charge in [0.2, 0.25) is 11.8 Å². The molecule has 3 N–H and O–H groups in total. The Morgan fingerprint density at radius 1 is 1.40 bits per heavy atom. The van der Waals surface area contributed by atoms with Crippen molar-refractivity contribution in [2.45, 2.75) is 13.5 Å². The number of aromatic amines is 1. The molecule has 0 fully saturated rings. The van der Waals surface area contributed by atoms with Gasteiger partial charge in [0, 0.05) is 12.1 Å². The van der Waals surface area contributed by atoms with Gasteiger partial charge in [-0.2, -0.15) is 14.8 Å². The Morgan fingerprint density at radius 3 is 2.84 bits per heavy atom. The summed E-state index contributed by atoms with van der Waals surface area (Å²) in [5.41, 5.74) is -0.0274. The van der Waals surface area contributed by atoms with Crippen LogP contribution in [0.5, 0.6) is 0 Å². The van der Waals surface area contributed by atoms with Crippen LogP contribution >= 0.6 is 0 Å². The van der Waals surface area contributed by atoms with E-state index >= 15 is 0 Å². The molecule has 0 saturated heterocycles. The average molecular weight is 345 g/mol. The quantitative estimate of drug-likeness (QED) is 0.610. The lowest BCUT2D eigenvalue weighted by molar-refractivity contribution is 0.0696. The lowest BCUT2D eigenvalue weighted by Crippen LogP contribution is -2.24. The van der Waals surface area contributed by atoms with Gasteiger partial charge < -0.3 is 10.4 Å². The van der Waals surface area contributed by atoms with E-state index in [0.717, 1.165) is 6.07 Å². The van der Waals surface area contributed by atoms with Crippen molar-refractivity contribution in [3.8, 4) is 5.95 Å². The number of hydrogen-bond donors (Lipinski definition) is 3. The van der Waals surface area contributed by atoms with Crippen molar-refractivity contribution in [2.75, 3.05) is 0 Å². The summed E-state index contributed by atoms with van der Waals surface area (Å²) in [4.78, 5) is 30.8. The van der Waals surface area contributed by atoms with Crippen molar-refractivity contribution in [1.82, 2.24) is 35.3 Å². The number of hydrogen-bond acceptors (Lipinski definition) is 6. The zero-order valence-electron chi connectivity index (χ0n) is 12.9. The van der Waals surface area contributed by atoms with Crippen LogP contribution in [0.2, 0.25) is 0 Å². The van der Waals surface area contributed by atoms with Crippen LogP contribution in [0.4, 0.5) is 4.39 Å². The predicted molar refractivity (Wildman–Crippen MR) is 80.6 cm³/mol. The minimum atomic E-state index is -1.23. The fourth-order valence-corrected chi connectivity index (χ4v) is 2.07. The van der Waals surface area contributed by atoms with E-state index in [1.165, 1.54) is 23.1 Å². The van der Waals surface area contributed by atoms with Gasteiger partial charge in [0.1, 0.15) is 18.0 Å². The molecule has 0 aliphatic carbocycles. The highest BCUT2D eigenvalue weighted by molar-refractivity contribution is 5.90. The summed E-state index contributed by atoms with van der Waals surface area (Å²) in [6.45, 7) is 1.50. The molecule has 0 radical (unpaired) electrons. The van der Waals surface area contributed by atoms with Gasteiger partial charge in [-0.1, -0.05) is 6.07 Å². The molecule has 3 aromatic rings. The SMILES string of the molecule is Cc1nc(C(=O)NCc2ccc(C(=O)O)cc2F)nn1-c1ncn[nH]1. The van der Waals surface area contributed by atoms with Gasteiger partial charge in [-0.05, 0) is 19.1 Å². The molecule has 0 saturated carbocycles. The van der Waals surface area contributed by atoms with Gasteiger partial charge >= 0.3 is 5.97 Å². The number of carbonyl (C=O) groups is 2. The first-order valence-electron chi connectivity index (χ1n) is 7.05. The maximum atomic E-state index is 13.8. The number of carboxylic acids is 1. The van der Waals surface area contributed by atoms with E-state index in [1.807, 2.05) is 0 Å². The Labute approximate surface area is 139 Å². The first-order chi connectivity index (χ1) is 12.0. The molecule has 1 amide bonds. The standard InChI is InChI=1S/C14H12FN7O3/c1-7-19-11(21-22(7)14-17-6-18-20-14)12(23)16-5-9-3-2-8(13(24)25)4-10(9)15/h2-4,6H,5H2,1H3,(H,16,23)(H,24,25)(H,17,18,20). The molecule has 0 spiro atoms. The number of aromatic nitrogens is 6. The number of rotatable bonds is 5. The number of nitrogens with one attached hydrogen (secondary N) is 2. The molecular formula is C14H12FN7O3. The highest BCUT2D eigenvalue weighted by Crippen LogP contribution is 2.11. The average Bonchev–Trinajstić information content (AvgIpc) is 3.22. The predicted octanol–water partition coefficient (Wildman–Crippen LogP) is 0.461. The number of halogens is 1. The van der Waals surface area contributed by atoms with Crippen molar-refractivity contribution in [3.05, 3.63) is 53.1 Å². The second-order valence-corrected chi connectivity index (χ2v) is 5.00. The first-order valence-corrected chi connectivity index (χ1v) is 7.05.